The van der Waals surface area contributed by atoms with Crippen molar-refractivity contribution in [3.63, 3.8) is 0 Å². The van der Waals surface area contributed by atoms with Gasteiger partial charge in [0.25, 0.3) is 5.69 Å². The number of benzene rings is 2. The van der Waals surface area contributed by atoms with E-state index in [2.05, 4.69) is 6.58 Å². The predicted octanol–water partition coefficient (Wildman–Crippen LogP) is 4.31. The van der Waals surface area contributed by atoms with Gasteiger partial charge in [-0.3, -0.25) is 10.1 Å². The lowest BCUT2D eigenvalue weighted by Gasteiger charge is -2.11. The molecule has 0 atom stereocenters. The monoisotopic (exact) mass is 327 g/mol. The zero-order valence-electron chi connectivity index (χ0n) is 13.0. The summed E-state index contributed by atoms with van der Waals surface area (Å²) in [4.78, 5) is 21.7. The molecule has 0 aliphatic carbocycles. The second-order valence-corrected chi connectivity index (χ2v) is 5.10. The van der Waals surface area contributed by atoms with E-state index in [1.807, 2.05) is 0 Å². The summed E-state index contributed by atoms with van der Waals surface area (Å²) in [5.41, 5.74) is 1.10. The Morgan fingerprint density at radius 3 is 2.54 bits per heavy atom. The molecule has 0 bridgehead atoms. The zero-order chi connectivity index (χ0) is 17.5. The van der Waals surface area contributed by atoms with E-state index in [-0.39, 0.29) is 11.3 Å². The van der Waals surface area contributed by atoms with Gasteiger partial charge >= 0.3 is 5.97 Å². The lowest BCUT2D eigenvalue weighted by atomic mass is 9.99. The number of allylic oxidation sites excluding steroid dienone is 1. The van der Waals surface area contributed by atoms with Gasteiger partial charge in [0.15, 0.2) is 0 Å². The topological polar surface area (TPSA) is 89.7 Å². The summed E-state index contributed by atoms with van der Waals surface area (Å²) < 4.78 is 5.62. The van der Waals surface area contributed by atoms with Gasteiger partial charge in [-0.2, -0.15) is 0 Å². The van der Waals surface area contributed by atoms with E-state index >= 15 is 0 Å². The Bertz CT molecular complexity index is 753. The van der Waals surface area contributed by atoms with Gasteiger partial charge in [0.2, 0.25) is 0 Å². The summed E-state index contributed by atoms with van der Waals surface area (Å²) >= 11 is 0. The first-order valence-electron chi connectivity index (χ1n) is 7.39. The molecule has 6 nitrogen and oxygen atoms in total. The summed E-state index contributed by atoms with van der Waals surface area (Å²) in [5, 5.41) is 20.1. The van der Waals surface area contributed by atoms with E-state index in [0.717, 1.165) is 12.8 Å². The molecule has 0 radical (unpaired) electrons. The summed E-state index contributed by atoms with van der Waals surface area (Å²) in [6.07, 6.45) is 3.46. The number of nitrogens with zero attached hydrogens (tertiary/aromatic N) is 1. The fourth-order valence-electron chi connectivity index (χ4n) is 2.22. The number of ether oxygens (including phenoxy) is 1. The molecular formula is C18H17NO5. The Labute approximate surface area is 139 Å². The first-order chi connectivity index (χ1) is 11.5. The van der Waals surface area contributed by atoms with Crippen molar-refractivity contribution in [2.24, 2.45) is 0 Å². The van der Waals surface area contributed by atoms with Gasteiger partial charge in [0.05, 0.1) is 17.1 Å². The molecule has 124 valence electrons. The number of nitro benzene ring substituents is 1. The number of hydrogen-bond donors (Lipinski definition) is 1. The average molecular weight is 327 g/mol. The molecule has 0 saturated heterocycles. The second kappa shape index (κ2) is 7.92. The largest absolute Gasteiger partial charge is 0.494 e. The lowest BCUT2D eigenvalue weighted by Crippen LogP contribution is -2.02. The van der Waals surface area contributed by atoms with Gasteiger partial charge in [0, 0.05) is 12.1 Å². The van der Waals surface area contributed by atoms with Crippen LogP contribution in [0.15, 0.2) is 55.1 Å². The SMILES string of the molecule is C=CCCCOc1ccc(C(=O)O)c(-c2ccc([N+](=O)[O-])cc2)c1. The van der Waals surface area contributed by atoms with Crippen LogP contribution < -0.4 is 4.74 Å². The molecule has 0 heterocycles. The van der Waals surface area contributed by atoms with E-state index < -0.39 is 10.9 Å². The van der Waals surface area contributed by atoms with Gasteiger partial charge in [-0.05, 0) is 54.3 Å². The number of carboxylic acids is 1. The number of aromatic carboxylic acids is 1. The quantitative estimate of drug-likeness (QED) is 0.338. The molecule has 0 spiro atoms. The van der Waals surface area contributed by atoms with E-state index in [4.69, 9.17) is 4.74 Å². The van der Waals surface area contributed by atoms with E-state index in [9.17, 15) is 20.0 Å². The third kappa shape index (κ3) is 4.19. The number of hydrogen-bond acceptors (Lipinski definition) is 4. The van der Waals surface area contributed by atoms with Gasteiger partial charge in [-0.25, -0.2) is 4.79 Å². The highest BCUT2D eigenvalue weighted by Gasteiger charge is 2.14. The van der Waals surface area contributed by atoms with Gasteiger partial charge in [-0.15, -0.1) is 6.58 Å². The maximum absolute atomic E-state index is 11.4. The van der Waals surface area contributed by atoms with E-state index in [1.165, 1.54) is 30.3 Å². The Hall–Kier alpha value is -3.15. The van der Waals surface area contributed by atoms with Crippen LogP contribution in [-0.4, -0.2) is 22.6 Å². The summed E-state index contributed by atoms with van der Waals surface area (Å²) in [6, 6.07) is 10.5. The number of carbonyl (C=O) groups is 1. The van der Waals surface area contributed by atoms with Crippen LogP contribution in [0, 0.1) is 10.1 Å². The molecule has 0 saturated carbocycles. The molecule has 6 heteroatoms. The molecule has 2 rings (SSSR count). The Morgan fingerprint density at radius 2 is 1.96 bits per heavy atom. The fourth-order valence-corrected chi connectivity index (χ4v) is 2.22. The molecule has 0 aliphatic rings. The van der Waals surface area contributed by atoms with Gasteiger partial charge in [0.1, 0.15) is 5.75 Å². The predicted molar refractivity (Wildman–Crippen MR) is 90.4 cm³/mol. The summed E-state index contributed by atoms with van der Waals surface area (Å²) in [5.74, 6) is -0.515. The molecule has 1 N–H and O–H groups in total. The first kappa shape index (κ1) is 17.2. The highest BCUT2D eigenvalue weighted by Crippen LogP contribution is 2.29. The maximum Gasteiger partial charge on any atom is 0.336 e. The molecule has 0 aliphatic heterocycles. The standard InChI is InChI=1S/C18H17NO5/c1-2-3-4-11-24-15-9-10-16(18(20)21)17(12-15)13-5-7-14(8-6-13)19(22)23/h2,5-10,12H,1,3-4,11H2,(H,20,21). The van der Waals surface area contributed by atoms with Crippen molar-refractivity contribution in [3.05, 3.63) is 70.8 Å². The highest BCUT2D eigenvalue weighted by molar-refractivity contribution is 5.96. The van der Waals surface area contributed by atoms with Crippen LogP contribution in [0.1, 0.15) is 23.2 Å². The molecular weight excluding hydrogens is 310 g/mol. The van der Waals surface area contributed by atoms with Crippen LogP contribution in [-0.2, 0) is 0 Å². The lowest BCUT2D eigenvalue weighted by molar-refractivity contribution is -0.384. The highest BCUT2D eigenvalue weighted by atomic mass is 16.6. The molecule has 0 aromatic heterocycles. The van der Waals surface area contributed by atoms with Crippen LogP contribution in [0.3, 0.4) is 0 Å². The van der Waals surface area contributed by atoms with Crippen LogP contribution in [0.25, 0.3) is 11.1 Å². The molecule has 0 amide bonds. The molecule has 0 fully saturated rings. The first-order valence-corrected chi connectivity index (χ1v) is 7.39. The molecule has 2 aromatic carbocycles. The van der Waals surface area contributed by atoms with Crippen LogP contribution in [0.4, 0.5) is 5.69 Å². The second-order valence-electron chi connectivity index (χ2n) is 5.10. The Morgan fingerprint density at radius 1 is 1.25 bits per heavy atom. The van der Waals surface area contributed by atoms with Crippen LogP contribution >= 0.6 is 0 Å². The minimum Gasteiger partial charge on any atom is -0.494 e. The number of nitro groups is 1. The number of rotatable bonds is 8. The van der Waals surface area contributed by atoms with Gasteiger partial charge < -0.3 is 9.84 Å². The molecule has 24 heavy (non-hydrogen) atoms. The van der Waals surface area contributed by atoms with Crippen molar-refractivity contribution in [3.8, 4) is 16.9 Å². The Balaban J connectivity index is 2.32. The van der Waals surface area contributed by atoms with Crippen molar-refractivity contribution in [2.75, 3.05) is 6.61 Å². The smallest absolute Gasteiger partial charge is 0.336 e. The Kier molecular flexibility index (Phi) is 5.68. The maximum atomic E-state index is 11.4. The summed E-state index contributed by atoms with van der Waals surface area (Å²) in [7, 11) is 0. The van der Waals surface area contributed by atoms with Gasteiger partial charge in [-0.1, -0.05) is 6.08 Å². The van der Waals surface area contributed by atoms with Crippen molar-refractivity contribution in [1.82, 2.24) is 0 Å². The molecule has 0 unspecified atom stereocenters. The zero-order valence-corrected chi connectivity index (χ0v) is 13.0. The van der Waals surface area contributed by atoms with Crippen molar-refractivity contribution in [1.29, 1.82) is 0 Å². The average Bonchev–Trinajstić information content (AvgIpc) is 2.58. The normalized spacial score (nSPS) is 10.2. The van der Waals surface area contributed by atoms with Crippen molar-refractivity contribution < 1.29 is 19.6 Å². The number of non-ortho nitro benzene ring substituents is 1. The number of unbranched alkanes of at least 4 members (excludes halogenated alkanes) is 1. The number of carboxylic acid groups (broad SMARTS) is 1. The minimum atomic E-state index is -1.07. The van der Waals surface area contributed by atoms with Crippen molar-refractivity contribution in [2.45, 2.75) is 12.8 Å². The summed E-state index contributed by atoms with van der Waals surface area (Å²) in [6.45, 7) is 4.14. The van der Waals surface area contributed by atoms with Crippen molar-refractivity contribution >= 4 is 11.7 Å². The van der Waals surface area contributed by atoms with E-state index in [0.29, 0.717) is 23.5 Å². The third-order valence-electron chi connectivity index (χ3n) is 3.43. The van der Waals surface area contributed by atoms with E-state index in [1.54, 1.807) is 18.2 Å². The van der Waals surface area contributed by atoms with Crippen LogP contribution in [0.5, 0.6) is 5.75 Å². The van der Waals surface area contributed by atoms with Crippen LogP contribution in [0.2, 0.25) is 0 Å². The third-order valence-corrected chi connectivity index (χ3v) is 3.43. The molecule has 2 aromatic rings. The minimum absolute atomic E-state index is 0.0487. The fraction of sp³-hybridized carbons (Fsp3) is 0.167.